The number of rotatable bonds is 7. The van der Waals surface area contributed by atoms with E-state index in [0.29, 0.717) is 12.6 Å². The number of hydrogen-bond donors (Lipinski definition) is 2. The van der Waals surface area contributed by atoms with Gasteiger partial charge in [-0.25, -0.2) is 9.98 Å². The number of thiazole rings is 1. The van der Waals surface area contributed by atoms with Gasteiger partial charge in [-0.1, -0.05) is 13.3 Å². The van der Waals surface area contributed by atoms with Gasteiger partial charge in [0.1, 0.15) is 5.01 Å². The summed E-state index contributed by atoms with van der Waals surface area (Å²) in [5.41, 5.74) is 0. The molecule has 2 heterocycles. The van der Waals surface area contributed by atoms with Crippen LogP contribution in [-0.2, 0) is 13.0 Å². The Labute approximate surface area is 144 Å². The molecule has 0 spiro atoms. The van der Waals surface area contributed by atoms with E-state index in [-0.39, 0.29) is 0 Å². The van der Waals surface area contributed by atoms with Crippen LogP contribution in [0.1, 0.15) is 49.9 Å². The van der Waals surface area contributed by atoms with Crippen LogP contribution in [0.15, 0.2) is 11.2 Å². The summed E-state index contributed by atoms with van der Waals surface area (Å²) in [7, 11) is 0. The average Bonchev–Trinajstić information content (AvgIpc) is 3.02. The van der Waals surface area contributed by atoms with E-state index in [0.717, 1.165) is 37.0 Å². The summed E-state index contributed by atoms with van der Waals surface area (Å²) in [6, 6.07) is 0.716. The lowest BCUT2D eigenvalue weighted by molar-refractivity contribution is 0.163. The van der Waals surface area contributed by atoms with Gasteiger partial charge < -0.3 is 10.6 Å². The van der Waals surface area contributed by atoms with Gasteiger partial charge in [-0.05, 0) is 39.7 Å². The van der Waals surface area contributed by atoms with E-state index in [1.165, 1.54) is 30.7 Å². The number of piperidine rings is 1. The van der Waals surface area contributed by atoms with Crippen LogP contribution in [0.3, 0.4) is 0 Å². The molecule has 1 atom stereocenters. The number of hydrogen-bond acceptors (Lipinski definition) is 4. The van der Waals surface area contributed by atoms with E-state index >= 15 is 0 Å². The first-order valence-electron chi connectivity index (χ1n) is 8.92. The monoisotopic (exact) mass is 337 g/mol. The molecule has 1 saturated heterocycles. The molecule has 1 aromatic rings. The molecule has 1 aromatic heterocycles. The Morgan fingerprint density at radius 2 is 2.26 bits per heavy atom. The van der Waals surface area contributed by atoms with Crippen LogP contribution in [0.4, 0.5) is 0 Å². The number of aromatic nitrogens is 1. The predicted octanol–water partition coefficient (Wildman–Crippen LogP) is 2.64. The first-order chi connectivity index (χ1) is 11.2. The Balaban J connectivity index is 1.79. The smallest absolute Gasteiger partial charge is 0.191 e. The Bertz CT molecular complexity index is 485. The number of guanidine groups is 1. The number of nitrogens with zero attached hydrogens (tertiary/aromatic N) is 3. The summed E-state index contributed by atoms with van der Waals surface area (Å²) >= 11 is 1.76. The third-order valence-corrected chi connectivity index (χ3v) is 5.42. The van der Waals surface area contributed by atoms with E-state index in [1.807, 2.05) is 6.20 Å². The molecule has 0 bridgehead atoms. The first kappa shape index (κ1) is 18.2. The van der Waals surface area contributed by atoms with Crippen molar-refractivity contribution in [2.75, 3.05) is 26.2 Å². The fraction of sp³-hybridized carbons (Fsp3) is 0.765. The molecule has 0 amide bonds. The zero-order valence-electron chi connectivity index (χ0n) is 14.8. The lowest BCUT2D eigenvalue weighted by Gasteiger charge is -2.33. The lowest BCUT2D eigenvalue weighted by Crippen LogP contribution is -2.45. The van der Waals surface area contributed by atoms with Crippen LogP contribution in [-0.4, -0.2) is 48.1 Å². The van der Waals surface area contributed by atoms with E-state index in [1.54, 1.807) is 11.3 Å². The van der Waals surface area contributed by atoms with Gasteiger partial charge in [0.25, 0.3) is 0 Å². The standard InChI is InChI=1S/C17H31N5S/c1-4-15-12-20-16(23-15)13-21-17(18-5-2)19-9-11-22-10-7-6-8-14(22)3/h12,14H,4-11,13H2,1-3H3,(H2,18,19,21). The molecule has 2 rings (SSSR count). The summed E-state index contributed by atoms with van der Waals surface area (Å²) < 4.78 is 0. The van der Waals surface area contributed by atoms with Crippen LogP contribution >= 0.6 is 11.3 Å². The topological polar surface area (TPSA) is 52.6 Å². The highest BCUT2D eigenvalue weighted by molar-refractivity contribution is 7.11. The third kappa shape index (κ3) is 6.11. The fourth-order valence-corrected chi connectivity index (χ4v) is 3.67. The first-order valence-corrected chi connectivity index (χ1v) is 9.74. The van der Waals surface area contributed by atoms with Gasteiger partial charge in [0, 0.05) is 36.8 Å². The molecule has 1 fully saturated rings. The lowest BCUT2D eigenvalue weighted by atomic mass is 10.0. The van der Waals surface area contributed by atoms with E-state index < -0.39 is 0 Å². The zero-order chi connectivity index (χ0) is 16.5. The molecule has 23 heavy (non-hydrogen) atoms. The summed E-state index contributed by atoms with van der Waals surface area (Å²) in [5, 5.41) is 7.86. The minimum Gasteiger partial charge on any atom is -0.357 e. The van der Waals surface area contributed by atoms with Crippen molar-refractivity contribution >= 4 is 17.3 Å². The third-order valence-electron chi connectivity index (χ3n) is 4.30. The van der Waals surface area contributed by atoms with Gasteiger partial charge in [0.05, 0.1) is 6.54 Å². The molecular weight excluding hydrogens is 306 g/mol. The molecule has 0 aromatic carbocycles. The Kier molecular flexibility index (Phi) is 7.82. The number of aliphatic imine (C=N–C) groups is 1. The van der Waals surface area contributed by atoms with Gasteiger partial charge in [-0.2, -0.15) is 0 Å². The Morgan fingerprint density at radius 3 is 2.96 bits per heavy atom. The maximum Gasteiger partial charge on any atom is 0.191 e. The van der Waals surface area contributed by atoms with Crippen LogP contribution in [0, 0.1) is 0 Å². The van der Waals surface area contributed by atoms with Gasteiger partial charge in [-0.15, -0.1) is 11.3 Å². The van der Waals surface area contributed by atoms with Crippen LogP contribution in [0.25, 0.3) is 0 Å². The van der Waals surface area contributed by atoms with Crippen LogP contribution in [0.2, 0.25) is 0 Å². The highest BCUT2D eigenvalue weighted by Crippen LogP contribution is 2.15. The number of aryl methyl sites for hydroxylation is 1. The minimum absolute atomic E-state index is 0.653. The molecule has 2 N–H and O–H groups in total. The van der Waals surface area contributed by atoms with Crippen molar-refractivity contribution in [2.24, 2.45) is 4.99 Å². The second-order valence-electron chi connectivity index (χ2n) is 6.08. The SMILES string of the molecule is CCNC(=NCc1ncc(CC)s1)NCCN1CCCCC1C. The van der Waals surface area contributed by atoms with Crippen molar-refractivity contribution in [3.63, 3.8) is 0 Å². The number of likely N-dealkylation sites (tertiary alicyclic amines) is 1. The number of nitrogens with one attached hydrogen (secondary N) is 2. The second kappa shape index (κ2) is 9.88. The minimum atomic E-state index is 0.653. The molecule has 1 unspecified atom stereocenters. The molecule has 6 heteroatoms. The van der Waals surface area contributed by atoms with E-state index in [9.17, 15) is 0 Å². The van der Waals surface area contributed by atoms with Crippen molar-refractivity contribution in [2.45, 2.75) is 59.0 Å². The maximum atomic E-state index is 4.66. The second-order valence-corrected chi connectivity index (χ2v) is 7.28. The van der Waals surface area contributed by atoms with Crippen LogP contribution < -0.4 is 10.6 Å². The van der Waals surface area contributed by atoms with Gasteiger partial charge in [0.2, 0.25) is 0 Å². The highest BCUT2D eigenvalue weighted by atomic mass is 32.1. The highest BCUT2D eigenvalue weighted by Gasteiger charge is 2.17. The quantitative estimate of drug-likeness (QED) is 0.593. The molecule has 1 aliphatic rings. The summed E-state index contributed by atoms with van der Waals surface area (Å²) in [5.74, 6) is 0.894. The molecule has 1 aliphatic heterocycles. The fourth-order valence-electron chi connectivity index (χ4n) is 2.88. The maximum absolute atomic E-state index is 4.66. The van der Waals surface area contributed by atoms with Crippen molar-refractivity contribution in [3.05, 3.63) is 16.1 Å². The summed E-state index contributed by atoms with van der Waals surface area (Å²) in [6.07, 6.45) is 7.06. The van der Waals surface area contributed by atoms with Crippen molar-refractivity contribution in [3.8, 4) is 0 Å². The van der Waals surface area contributed by atoms with E-state index in [4.69, 9.17) is 0 Å². The zero-order valence-corrected chi connectivity index (χ0v) is 15.6. The van der Waals surface area contributed by atoms with Gasteiger partial charge in [0.15, 0.2) is 5.96 Å². The summed E-state index contributed by atoms with van der Waals surface area (Å²) in [4.78, 5) is 13.0. The largest absolute Gasteiger partial charge is 0.357 e. The summed E-state index contributed by atoms with van der Waals surface area (Å²) in [6.45, 7) is 11.4. The Morgan fingerprint density at radius 1 is 1.39 bits per heavy atom. The van der Waals surface area contributed by atoms with Gasteiger partial charge in [-0.3, -0.25) is 4.90 Å². The molecular formula is C17H31N5S. The Hall–Kier alpha value is -1.14. The van der Waals surface area contributed by atoms with Crippen molar-refractivity contribution in [1.82, 2.24) is 20.5 Å². The molecule has 0 radical (unpaired) electrons. The molecule has 0 saturated carbocycles. The molecule has 0 aliphatic carbocycles. The van der Waals surface area contributed by atoms with Gasteiger partial charge >= 0.3 is 0 Å². The van der Waals surface area contributed by atoms with Crippen molar-refractivity contribution < 1.29 is 0 Å². The normalized spacial score (nSPS) is 19.8. The van der Waals surface area contributed by atoms with Crippen molar-refractivity contribution in [1.29, 1.82) is 0 Å². The predicted molar refractivity (Wildman–Crippen MR) is 99.2 cm³/mol. The average molecular weight is 338 g/mol. The van der Waals surface area contributed by atoms with Crippen LogP contribution in [0.5, 0.6) is 0 Å². The molecule has 130 valence electrons. The molecule has 5 nitrogen and oxygen atoms in total. The van der Waals surface area contributed by atoms with E-state index in [2.05, 4.69) is 46.3 Å².